The predicted molar refractivity (Wildman–Crippen MR) is 120 cm³/mol. The Morgan fingerprint density at radius 3 is 2.42 bits per heavy atom. The third-order valence-electron chi connectivity index (χ3n) is 5.52. The third-order valence-corrected chi connectivity index (χ3v) is 5.52. The highest BCUT2D eigenvalue weighted by molar-refractivity contribution is 6.04. The second kappa shape index (κ2) is 9.14. The number of hydrogen-bond donors (Lipinski definition) is 1. The second-order valence-electron chi connectivity index (χ2n) is 7.92. The van der Waals surface area contributed by atoms with E-state index in [0.717, 1.165) is 19.6 Å². The van der Waals surface area contributed by atoms with Crippen LogP contribution in [0.2, 0.25) is 0 Å². The Kier molecular flexibility index (Phi) is 6.13. The van der Waals surface area contributed by atoms with Gasteiger partial charge in [0.1, 0.15) is 5.82 Å². The van der Waals surface area contributed by atoms with E-state index in [1.165, 1.54) is 15.8 Å². The van der Waals surface area contributed by atoms with Crippen molar-refractivity contribution in [3.63, 3.8) is 0 Å². The molecule has 4 rings (SSSR count). The monoisotopic (exact) mass is 417 g/mol. The van der Waals surface area contributed by atoms with Gasteiger partial charge in [0.2, 0.25) is 0 Å². The van der Waals surface area contributed by atoms with Gasteiger partial charge >= 0.3 is 0 Å². The van der Waals surface area contributed by atoms with Crippen molar-refractivity contribution in [1.29, 1.82) is 0 Å². The van der Waals surface area contributed by atoms with Crippen molar-refractivity contribution in [2.75, 3.05) is 31.5 Å². The molecule has 0 radical (unpaired) electrons. The number of nitrogens with one attached hydrogen (secondary N) is 1. The summed E-state index contributed by atoms with van der Waals surface area (Å²) in [5.74, 6) is 0.161. The lowest BCUT2D eigenvalue weighted by Crippen LogP contribution is -2.48. The zero-order valence-electron chi connectivity index (χ0n) is 17.9. The highest BCUT2D eigenvalue weighted by atomic mass is 16.2. The van der Waals surface area contributed by atoms with Crippen LogP contribution < -0.4 is 5.32 Å². The predicted octanol–water partition coefficient (Wildman–Crippen LogP) is 2.94. The molecule has 0 unspecified atom stereocenters. The molecule has 1 N–H and O–H groups in total. The summed E-state index contributed by atoms with van der Waals surface area (Å²) in [7, 11) is 1.72. The molecular formula is C24H27N5O2. The SMILES string of the molecule is Cc1cccc(CN2CCN(C(=O)c3cc(NC(=O)c4ccccc4)n(C)n3)CC2)c1. The number of anilines is 1. The fourth-order valence-corrected chi connectivity index (χ4v) is 3.81. The van der Waals surface area contributed by atoms with Crippen molar-refractivity contribution in [3.05, 3.63) is 83.0 Å². The van der Waals surface area contributed by atoms with Gasteiger partial charge in [0.25, 0.3) is 11.8 Å². The molecule has 7 nitrogen and oxygen atoms in total. The average molecular weight is 418 g/mol. The van der Waals surface area contributed by atoms with Crippen LogP contribution >= 0.6 is 0 Å². The van der Waals surface area contributed by atoms with E-state index in [4.69, 9.17) is 0 Å². The van der Waals surface area contributed by atoms with Gasteiger partial charge in [-0.1, -0.05) is 48.0 Å². The minimum absolute atomic E-state index is 0.106. The van der Waals surface area contributed by atoms with Crippen molar-refractivity contribution >= 4 is 17.6 Å². The number of aromatic nitrogens is 2. The first-order valence-electron chi connectivity index (χ1n) is 10.5. The maximum absolute atomic E-state index is 12.9. The van der Waals surface area contributed by atoms with Gasteiger partial charge in [-0.2, -0.15) is 5.10 Å². The molecule has 2 amide bonds. The summed E-state index contributed by atoms with van der Waals surface area (Å²) in [6, 6.07) is 19.1. The quantitative estimate of drug-likeness (QED) is 0.693. The van der Waals surface area contributed by atoms with Gasteiger partial charge in [0.15, 0.2) is 5.69 Å². The molecule has 31 heavy (non-hydrogen) atoms. The van der Waals surface area contributed by atoms with Crippen LogP contribution in [-0.4, -0.2) is 57.6 Å². The number of piperazine rings is 1. The number of rotatable bonds is 5. The maximum Gasteiger partial charge on any atom is 0.274 e. The van der Waals surface area contributed by atoms with Gasteiger partial charge < -0.3 is 10.2 Å². The summed E-state index contributed by atoms with van der Waals surface area (Å²) in [5.41, 5.74) is 3.46. The fourth-order valence-electron chi connectivity index (χ4n) is 3.81. The molecule has 160 valence electrons. The minimum Gasteiger partial charge on any atom is -0.335 e. The number of hydrogen-bond acceptors (Lipinski definition) is 4. The molecule has 2 heterocycles. The van der Waals surface area contributed by atoms with Crippen LogP contribution in [0.4, 0.5) is 5.82 Å². The van der Waals surface area contributed by atoms with Crippen molar-refractivity contribution < 1.29 is 9.59 Å². The zero-order chi connectivity index (χ0) is 21.8. The van der Waals surface area contributed by atoms with Crippen molar-refractivity contribution in [2.24, 2.45) is 7.05 Å². The van der Waals surface area contributed by atoms with E-state index in [2.05, 4.69) is 46.5 Å². The number of benzene rings is 2. The van der Waals surface area contributed by atoms with E-state index >= 15 is 0 Å². The Labute approximate surface area is 182 Å². The molecule has 1 fully saturated rings. The number of carbonyl (C=O) groups excluding carboxylic acids is 2. The zero-order valence-corrected chi connectivity index (χ0v) is 17.9. The molecular weight excluding hydrogens is 390 g/mol. The van der Waals surface area contributed by atoms with E-state index in [1.807, 2.05) is 23.1 Å². The Hall–Kier alpha value is -3.45. The van der Waals surface area contributed by atoms with Crippen molar-refractivity contribution in [2.45, 2.75) is 13.5 Å². The van der Waals surface area contributed by atoms with Gasteiger partial charge in [-0.25, -0.2) is 0 Å². The lowest BCUT2D eigenvalue weighted by Gasteiger charge is -2.34. The van der Waals surface area contributed by atoms with E-state index in [-0.39, 0.29) is 11.8 Å². The molecule has 0 saturated carbocycles. The van der Waals surface area contributed by atoms with Gasteiger partial charge in [-0.3, -0.25) is 19.2 Å². The Bertz CT molecular complexity index is 1070. The first-order chi connectivity index (χ1) is 15.0. The Balaban J connectivity index is 1.35. The van der Waals surface area contributed by atoms with Gasteiger partial charge in [0.05, 0.1) is 0 Å². The van der Waals surface area contributed by atoms with E-state index in [1.54, 1.807) is 25.2 Å². The van der Waals surface area contributed by atoms with Crippen LogP contribution in [0.1, 0.15) is 32.0 Å². The standard InChI is InChI=1S/C24H27N5O2/c1-18-7-6-8-19(15-18)17-28-11-13-29(14-12-28)24(31)21-16-22(27(2)26-21)25-23(30)20-9-4-3-5-10-20/h3-10,15-16H,11-14,17H2,1-2H3,(H,25,30). The summed E-state index contributed by atoms with van der Waals surface area (Å²) in [4.78, 5) is 29.5. The molecule has 7 heteroatoms. The first-order valence-corrected chi connectivity index (χ1v) is 10.5. The van der Waals surface area contributed by atoms with Crippen LogP contribution in [-0.2, 0) is 13.6 Å². The topological polar surface area (TPSA) is 70.5 Å². The van der Waals surface area contributed by atoms with E-state index in [0.29, 0.717) is 30.2 Å². The molecule has 1 aromatic heterocycles. The molecule has 0 aliphatic carbocycles. The van der Waals surface area contributed by atoms with Gasteiger partial charge in [-0.15, -0.1) is 0 Å². The minimum atomic E-state index is -0.229. The molecule has 1 aliphatic heterocycles. The summed E-state index contributed by atoms with van der Waals surface area (Å²) in [6.07, 6.45) is 0. The van der Waals surface area contributed by atoms with Gasteiger partial charge in [-0.05, 0) is 24.6 Å². The molecule has 2 aromatic carbocycles. The summed E-state index contributed by atoms with van der Waals surface area (Å²) < 4.78 is 1.53. The number of nitrogens with zero attached hydrogens (tertiary/aromatic N) is 4. The molecule has 3 aromatic rings. The second-order valence-corrected chi connectivity index (χ2v) is 7.92. The molecule has 1 saturated heterocycles. The van der Waals surface area contributed by atoms with Crippen LogP contribution in [0, 0.1) is 6.92 Å². The Morgan fingerprint density at radius 1 is 0.968 bits per heavy atom. The van der Waals surface area contributed by atoms with Crippen LogP contribution in [0.25, 0.3) is 0 Å². The lowest BCUT2D eigenvalue weighted by molar-refractivity contribution is 0.0622. The molecule has 1 aliphatic rings. The molecule has 0 spiro atoms. The maximum atomic E-state index is 12.9. The normalized spacial score (nSPS) is 14.5. The first kappa shape index (κ1) is 20.8. The Morgan fingerprint density at radius 2 is 1.71 bits per heavy atom. The third kappa shape index (κ3) is 5.00. The van der Waals surface area contributed by atoms with E-state index in [9.17, 15) is 9.59 Å². The number of amides is 2. The smallest absolute Gasteiger partial charge is 0.274 e. The average Bonchev–Trinajstić information content (AvgIpc) is 3.14. The van der Waals surface area contributed by atoms with Crippen molar-refractivity contribution in [1.82, 2.24) is 19.6 Å². The van der Waals surface area contributed by atoms with E-state index < -0.39 is 0 Å². The van der Waals surface area contributed by atoms with Crippen molar-refractivity contribution in [3.8, 4) is 0 Å². The van der Waals surface area contributed by atoms with Crippen LogP contribution in [0.3, 0.4) is 0 Å². The number of aryl methyl sites for hydroxylation is 2. The summed E-state index contributed by atoms with van der Waals surface area (Å²) >= 11 is 0. The van der Waals surface area contributed by atoms with Crippen LogP contribution in [0.5, 0.6) is 0 Å². The fraction of sp³-hybridized carbons (Fsp3) is 0.292. The summed E-state index contributed by atoms with van der Waals surface area (Å²) in [5, 5.41) is 7.15. The number of carbonyl (C=O) groups is 2. The highest BCUT2D eigenvalue weighted by Gasteiger charge is 2.25. The highest BCUT2D eigenvalue weighted by Crippen LogP contribution is 2.16. The van der Waals surface area contributed by atoms with Gasteiger partial charge in [0, 0.05) is 51.4 Å². The largest absolute Gasteiger partial charge is 0.335 e. The lowest BCUT2D eigenvalue weighted by atomic mass is 10.1. The molecule has 0 bridgehead atoms. The summed E-state index contributed by atoms with van der Waals surface area (Å²) in [6.45, 7) is 5.96. The van der Waals surface area contributed by atoms with Crippen LogP contribution in [0.15, 0.2) is 60.7 Å². The molecule has 0 atom stereocenters.